The summed E-state index contributed by atoms with van der Waals surface area (Å²) in [7, 11) is 0. The van der Waals surface area contributed by atoms with Crippen LogP contribution >= 0.6 is 0 Å². The van der Waals surface area contributed by atoms with E-state index in [4.69, 9.17) is 0 Å². The zero-order valence-electron chi connectivity index (χ0n) is 6.79. The van der Waals surface area contributed by atoms with Crippen LogP contribution in [0.25, 0.3) is 0 Å². The molecule has 0 spiro atoms. The van der Waals surface area contributed by atoms with Gasteiger partial charge in [0, 0.05) is 0 Å². The zero-order valence-corrected chi connectivity index (χ0v) is 5.79. The van der Waals surface area contributed by atoms with Crippen LogP contribution in [0.15, 0.2) is 0 Å². The second kappa shape index (κ2) is 3.37. The molecule has 0 aromatic rings. The van der Waals surface area contributed by atoms with Gasteiger partial charge >= 0.3 is 13.4 Å². The molecule has 4 heteroatoms. The Morgan fingerprint density at radius 2 is 1.36 bits per heavy atom. The van der Waals surface area contributed by atoms with Crippen molar-refractivity contribution in [3.05, 3.63) is 0 Å². The Balaban J connectivity index is 0. The molecule has 1 fully saturated rings. The van der Waals surface area contributed by atoms with E-state index in [1.54, 1.807) is 0 Å². The van der Waals surface area contributed by atoms with Gasteiger partial charge in [-0.25, -0.2) is 9.59 Å². The molecule has 4 nitrogen and oxygen atoms in total. The number of carbonyl (C=O) groups is 2. The van der Waals surface area contributed by atoms with Crippen LogP contribution < -0.4 is 0 Å². The second-order valence-corrected chi connectivity index (χ2v) is 2.16. The molecule has 0 aromatic heterocycles. The molecule has 0 amide bonds. The van der Waals surface area contributed by atoms with E-state index in [0.717, 1.165) is 0 Å². The third-order valence-corrected chi connectivity index (χ3v) is 1.25. The molecular formula is C7H13O4+. The summed E-state index contributed by atoms with van der Waals surface area (Å²) in [5.74, 6) is -0.959. The molecule has 64 valence electrons. The van der Waals surface area contributed by atoms with Gasteiger partial charge in [0.2, 0.25) is 0 Å². The third kappa shape index (κ3) is 1.93. The first-order valence-corrected chi connectivity index (χ1v) is 3.02. The summed E-state index contributed by atoms with van der Waals surface area (Å²) < 4.78 is 9.19. The first-order chi connectivity index (χ1) is 4.61. The maximum Gasteiger partial charge on any atom is 1.00 e. The third-order valence-electron chi connectivity index (χ3n) is 1.25. The molecule has 1 aliphatic rings. The molecule has 11 heavy (non-hydrogen) atoms. The van der Waals surface area contributed by atoms with Gasteiger partial charge in [-0.15, -0.1) is 0 Å². The maximum atomic E-state index is 10.7. The Bertz CT molecular complexity index is 160. The van der Waals surface area contributed by atoms with Crippen LogP contribution in [0.2, 0.25) is 0 Å². The Morgan fingerprint density at radius 3 is 1.64 bits per heavy atom. The molecule has 0 N–H and O–H groups in total. The van der Waals surface area contributed by atoms with Crippen molar-refractivity contribution < 1.29 is 20.5 Å². The first-order valence-electron chi connectivity index (χ1n) is 3.02. The molecule has 1 rings (SSSR count). The fourth-order valence-corrected chi connectivity index (χ4v) is 0.636. The number of esters is 2. The van der Waals surface area contributed by atoms with E-state index in [2.05, 4.69) is 9.47 Å². The Hall–Kier alpha value is -1.06. The molecule has 2 atom stereocenters. The van der Waals surface area contributed by atoms with E-state index in [-0.39, 0.29) is 8.85 Å². The molecule has 0 aliphatic carbocycles. The molecule has 0 saturated carbocycles. The molecule has 1 saturated heterocycles. The highest BCUT2D eigenvalue weighted by atomic mass is 16.6. The van der Waals surface area contributed by atoms with Crippen LogP contribution in [0.4, 0.5) is 0 Å². The van der Waals surface area contributed by atoms with E-state index >= 15 is 0 Å². The van der Waals surface area contributed by atoms with Gasteiger partial charge in [0.1, 0.15) is 0 Å². The van der Waals surface area contributed by atoms with Crippen molar-refractivity contribution in [1.29, 1.82) is 0 Å². The van der Waals surface area contributed by atoms with Crippen molar-refractivity contribution in [1.82, 2.24) is 0 Å². The molecule has 0 aromatic carbocycles. The number of rotatable bonds is 0. The van der Waals surface area contributed by atoms with Crippen molar-refractivity contribution in [2.75, 3.05) is 0 Å². The Kier molecular flexibility index (Phi) is 3.04. The van der Waals surface area contributed by atoms with Gasteiger partial charge in [-0.3, -0.25) is 0 Å². The summed E-state index contributed by atoms with van der Waals surface area (Å²) >= 11 is 0. The normalized spacial score (nSPS) is 30.0. The summed E-state index contributed by atoms with van der Waals surface area (Å²) in [5.41, 5.74) is 0. The fourth-order valence-electron chi connectivity index (χ4n) is 0.636. The quantitative estimate of drug-likeness (QED) is 0.488. The van der Waals surface area contributed by atoms with Crippen molar-refractivity contribution in [3.8, 4) is 0 Å². The fraction of sp³-hybridized carbons (Fsp3) is 0.714. The highest BCUT2D eigenvalue weighted by Gasteiger charge is 2.32. The van der Waals surface area contributed by atoms with Crippen molar-refractivity contribution in [2.45, 2.75) is 33.5 Å². The van der Waals surface area contributed by atoms with Gasteiger partial charge in [-0.1, -0.05) is 7.43 Å². The van der Waals surface area contributed by atoms with Crippen LogP contribution in [0, 0.1) is 0 Å². The standard InChI is InChI=1S/C6H8O4.CH4/c1-3-5(7)10-4(2)6(8)9-3;/h3-4H,1-2H3;1H4/p+1. The average molecular weight is 161 g/mol. The van der Waals surface area contributed by atoms with E-state index in [1.807, 2.05) is 0 Å². The molecule has 1 aliphatic heterocycles. The Labute approximate surface area is 67.0 Å². The van der Waals surface area contributed by atoms with Crippen LogP contribution in [-0.2, 0) is 19.1 Å². The van der Waals surface area contributed by atoms with E-state index in [1.165, 1.54) is 13.8 Å². The van der Waals surface area contributed by atoms with Gasteiger partial charge in [0.05, 0.1) is 0 Å². The van der Waals surface area contributed by atoms with Gasteiger partial charge in [-0.2, -0.15) is 0 Å². The van der Waals surface area contributed by atoms with E-state index < -0.39 is 24.1 Å². The minimum absolute atomic E-state index is 0. The predicted octanol–water partition coefficient (Wildman–Crippen LogP) is 0.612. The summed E-state index contributed by atoms with van der Waals surface area (Å²) in [6.07, 6.45) is -1.49. The summed E-state index contributed by atoms with van der Waals surface area (Å²) in [4.78, 5) is 21.3. The Morgan fingerprint density at radius 1 is 1.09 bits per heavy atom. The lowest BCUT2D eigenvalue weighted by molar-refractivity contribution is -0.191. The monoisotopic (exact) mass is 161 g/mol. The summed E-state index contributed by atoms with van der Waals surface area (Å²) in [6, 6.07) is 0. The van der Waals surface area contributed by atoms with Gasteiger partial charge < -0.3 is 9.47 Å². The second-order valence-electron chi connectivity index (χ2n) is 2.16. The average Bonchev–Trinajstić information content (AvgIpc) is 1.84. The molecule has 2 unspecified atom stereocenters. The molecule has 1 heterocycles. The van der Waals surface area contributed by atoms with Crippen molar-refractivity contribution >= 4 is 11.9 Å². The predicted molar refractivity (Wildman–Crippen MR) is 39.0 cm³/mol. The topological polar surface area (TPSA) is 52.6 Å². The largest absolute Gasteiger partial charge is 1.00 e. The SMILES string of the molecule is C.CC1OC(=O)C(C)OC1=O.[H+]. The van der Waals surface area contributed by atoms with Crippen LogP contribution in [0.3, 0.4) is 0 Å². The molecule has 0 radical (unpaired) electrons. The number of carbonyl (C=O) groups excluding carboxylic acids is 2. The molecule has 0 bridgehead atoms. The summed E-state index contributed by atoms with van der Waals surface area (Å²) in [6.45, 7) is 2.96. The first kappa shape index (κ1) is 9.94. The van der Waals surface area contributed by atoms with E-state index in [9.17, 15) is 9.59 Å². The molecular weight excluding hydrogens is 148 g/mol. The lowest BCUT2D eigenvalue weighted by Gasteiger charge is -2.22. The number of ether oxygens (including phenoxy) is 2. The highest BCUT2D eigenvalue weighted by Crippen LogP contribution is 2.08. The zero-order chi connectivity index (χ0) is 7.72. The lowest BCUT2D eigenvalue weighted by Crippen LogP contribution is -2.40. The van der Waals surface area contributed by atoms with Gasteiger partial charge in [0.15, 0.2) is 12.2 Å². The van der Waals surface area contributed by atoms with Crippen LogP contribution in [0.1, 0.15) is 22.7 Å². The smallest absolute Gasteiger partial charge is 0.448 e. The number of cyclic esters (lactones) is 2. The summed E-state index contributed by atoms with van der Waals surface area (Å²) in [5, 5.41) is 0. The van der Waals surface area contributed by atoms with Crippen LogP contribution in [-0.4, -0.2) is 24.1 Å². The minimum Gasteiger partial charge on any atom is -0.448 e. The minimum atomic E-state index is -0.747. The maximum absolute atomic E-state index is 10.7. The van der Waals surface area contributed by atoms with Gasteiger partial charge in [0.25, 0.3) is 0 Å². The highest BCUT2D eigenvalue weighted by molar-refractivity contribution is 5.86. The van der Waals surface area contributed by atoms with Crippen LogP contribution in [0.5, 0.6) is 0 Å². The number of hydrogen-bond acceptors (Lipinski definition) is 4. The number of hydrogen-bond donors (Lipinski definition) is 0. The van der Waals surface area contributed by atoms with Crippen molar-refractivity contribution in [2.24, 2.45) is 0 Å². The van der Waals surface area contributed by atoms with Gasteiger partial charge in [-0.05, 0) is 13.8 Å². The lowest BCUT2D eigenvalue weighted by atomic mass is 10.3. The van der Waals surface area contributed by atoms with Crippen molar-refractivity contribution in [3.63, 3.8) is 0 Å². The van der Waals surface area contributed by atoms with E-state index in [0.29, 0.717) is 0 Å².